The average Bonchev–Trinajstić information content (AvgIpc) is 3.24. The molecule has 1 rings (SSSR count). The molecule has 1 heterocycles. The molecule has 0 aliphatic rings. The third-order valence-electron chi connectivity index (χ3n) is 3.89. The van der Waals surface area contributed by atoms with Gasteiger partial charge in [0, 0.05) is 18.3 Å². The number of carbonyl (C=O) groups is 5. The first-order valence-electron chi connectivity index (χ1n) is 9.28. The number of aromatic amines is 1. The van der Waals surface area contributed by atoms with Gasteiger partial charge >= 0.3 is 5.97 Å². The fraction of sp³-hybridized carbons (Fsp3) is 0.529. The Balaban J connectivity index is 2.23. The van der Waals surface area contributed by atoms with E-state index < -0.39 is 54.8 Å². The largest absolute Gasteiger partial charge is 0.480 e. The molecule has 0 radical (unpaired) electrons. The molecule has 0 saturated heterocycles. The average molecular weight is 458 g/mol. The number of thioether (sulfide) groups is 1. The number of hydrogen-bond donors (Lipinski definition) is 7. The van der Waals surface area contributed by atoms with Crippen molar-refractivity contribution in [1.29, 1.82) is 0 Å². The highest BCUT2D eigenvalue weighted by molar-refractivity contribution is 7.98. The number of nitrogens with zero attached hydrogens (tertiary/aromatic N) is 1. The second-order valence-electron chi connectivity index (χ2n) is 6.40. The van der Waals surface area contributed by atoms with Crippen LogP contribution in [0.3, 0.4) is 0 Å². The van der Waals surface area contributed by atoms with E-state index in [1.807, 2.05) is 6.26 Å². The zero-order valence-electron chi connectivity index (χ0n) is 17.0. The molecule has 4 amide bonds. The van der Waals surface area contributed by atoms with Gasteiger partial charge in [0.2, 0.25) is 23.6 Å². The summed E-state index contributed by atoms with van der Waals surface area (Å²) >= 11 is 1.45. The van der Waals surface area contributed by atoms with Crippen molar-refractivity contribution < 1.29 is 29.1 Å². The summed E-state index contributed by atoms with van der Waals surface area (Å²) in [5, 5.41) is 18.3. The summed E-state index contributed by atoms with van der Waals surface area (Å²) in [6.07, 6.45) is 5.28. The quantitative estimate of drug-likeness (QED) is 0.151. The minimum absolute atomic E-state index is 0.220. The lowest BCUT2D eigenvalue weighted by Crippen LogP contribution is -2.48. The zero-order chi connectivity index (χ0) is 23.2. The maximum absolute atomic E-state index is 11.9. The Labute approximate surface area is 182 Å². The van der Waals surface area contributed by atoms with Crippen LogP contribution < -0.4 is 27.0 Å². The van der Waals surface area contributed by atoms with E-state index in [0.717, 1.165) is 0 Å². The molecule has 0 aliphatic heterocycles. The van der Waals surface area contributed by atoms with Crippen molar-refractivity contribution in [2.24, 2.45) is 5.73 Å². The van der Waals surface area contributed by atoms with Crippen LogP contribution in [0.5, 0.6) is 0 Å². The van der Waals surface area contributed by atoms with Gasteiger partial charge in [0.1, 0.15) is 6.04 Å². The molecule has 0 spiro atoms. The number of aromatic nitrogens is 2. The van der Waals surface area contributed by atoms with Gasteiger partial charge < -0.3 is 37.1 Å². The summed E-state index contributed by atoms with van der Waals surface area (Å²) in [6, 6.07) is -1.92. The molecular weight excluding hydrogens is 430 g/mol. The minimum Gasteiger partial charge on any atom is -0.480 e. The van der Waals surface area contributed by atoms with E-state index in [4.69, 9.17) is 10.8 Å². The number of carboxylic acids is 1. The van der Waals surface area contributed by atoms with Crippen LogP contribution >= 0.6 is 11.8 Å². The van der Waals surface area contributed by atoms with Crippen LogP contribution in [0.25, 0.3) is 0 Å². The predicted molar refractivity (Wildman–Crippen MR) is 112 cm³/mol. The van der Waals surface area contributed by atoms with Crippen molar-refractivity contribution in [1.82, 2.24) is 31.2 Å². The molecule has 172 valence electrons. The number of nitrogens with two attached hydrogens (primary N) is 1. The molecule has 31 heavy (non-hydrogen) atoms. The number of hydrogen-bond acceptors (Lipinski definition) is 8. The molecule has 0 aliphatic carbocycles. The number of imidazole rings is 1. The van der Waals surface area contributed by atoms with Gasteiger partial charge in [-0.2, -0.15) is 11.8 Å². The molecule has 0 fully saturated rings. The smallest absolute Gasteiger partial charge is 0.326 e. The molecule has 14 heteroatoms. The molecule has 0 saturated carbocycles. The van der Waals surface area contributed by atoms with Crippen LogP contribution in [0.1, 0.15) is 12.1 Å². The summed E-state index contributed by atoms with van der Waals surface area (Å²) in [5.41, 5.74) is 6.41. The maximum atomic E-state index is 11.9. The number of rotatable bonds is 14. The summed E-state index contributed by atoms with van der Waals surface area (Å²) in [5.74, 6) is -3.08. The number of nitrogens with one attached hydrogen (secondary N) is 5. The van der Waals surface area contributed by atoms with Crippen molar-refractivity contribution in [2.75, 3.05) is 31.6 Å². The van der Waals surface area contributed by atoms with E-state index in [1.54, 1.807) is 0 Å². The van der Waals surface area contributed by atoms with Gasteiger partial charge in [-0.25, -0.2) is 9.78 Å². The number of carboxylic acid groups (broad SMARTS) is 1. The van der Waals surface area contributed by atoms with Gasteiger partial charge in [-0.3, -0.25) is 19.2 Å². The van der Waals surface area contributed by atoms with Crippen LogP contribution in [-0.2, 0) is 30.4 Å². The highest BCUT2D eigenvalue weighted by Gasteiger charge is 2.20. The molecule has 2 atom stereocenters. The number of amides is 4. The first kappa shape index (κ1) is 25.9. The van der Waals surface area contributed by atoms with Gasteiger partial charge in [0.05, 0.1) is 32.0 Å². The second kappa shape index (κ2) is 14.0. The maximum Gasteiger partial charge on any atom is 0.326 e. The molecule has 0 bridgehead atoms. The minimum atomic E-state index is -1.16. The van der Waals surface area contributed by atoms with Gasteiger partial charge in [0.25, 0.3) is 0 Å². The Morgan fingerprint density at radius 2 is 1.71 bits per heavy atom. The monoisotopic (exact) mass is 457 g/mol. The van der Waals surface area contributed by atoms with E-state index in [9.17, 15) is 24.0 Å². The zero-order valence-corrected chi connectivity index (χ0v) is 17.8. The summed E-state index contributed by atoms with van der Waals surface area (Å²) in [4.78, 5) is 64.8. The topological polar surface area (TPSA) is 208 Å². The Morgan fingerprint density at radius 3 is 2.26 bits per heavy atom. The SMILES string of the molecule is CSCC[C@H](NC(=O)CNC(=O)CNC(=O)CNC(=O)[C@@H](N)Cc1cnc[nH]1)C(=O)O. The van der Waals surface area contributed by atoms with E-state index in [-0.39, 0.29) is 19.4 Å². The first-order chi connectivity index (χ1) is 14.7. The molecule has 1 aromatic rings. The lowest BCUT2D eigenvalue weighted by atomic mass is 10.1. The van der Waals surface area contributed by atoms with Crippen LogP contribution in [0.2, 0.25) is 0 Å². The van der Waals surface area contributed by atoms with Crippen molar-refractivity contribution in [3.63, 3.8) is 0 Å². The van der Waals surface area contributed by atoms with Crippen molar-refractivity contribution in [2.45, 2.75) is 24.9 Å². The van der Waals surface area contributed by atoms with Crippen LogP contribution in [0.15, 0.2) is 12.5 Å². The molecular formula is C17H27N7O6S. The van der Waals surface area contributed by atoms with Gasteiger partial charge in [-0.15, -0.1) is 0 Å². The molecule has 13 nitrogen and oxygen atoms in total. The second-order valence-corrected chi connectivity index (χ2v) is 7.38. The predicted octanol–water partition coefficient (Wildman–Crippen LogP) is -3.05. The Bertz CT molecular complexity index is 758. The summed E-state index contributed by atoms with van der Waals surface area (Å²) in [7, 11) is 0. The Morgan fingerprint density at radius 1 is 1.10 bits per heavy atom. The van der Waals surface area contributed by atoms with Crippen LogP contribution in [0.4, 0.5) is 0 Å². The summed E-state index contributed by atoms with van der Waals surface area (Å²) < 4.78 is 0. The van der Waals surface area contributed by atoms with Gasteiger partial charge in [-0.1, -0.05) is 0 Å². The fourth-order valence-electron chi connectivity index (χ4n) is 2.25. The molecule has 8 N–H and O–H groups in total. The van der Waals surface area contributed by atoms with E-state index in [0.29, 0.717) is 11.4 Å². The van der Waals surface area contributed by atoms with E-state index in [2.05, 4.69) is 31.2 Å². The van der Waals surface area contributed by atoms with E-state index >= 15 is 0 Å². The van der Waals surface area contributed by atoms with Crippen molar-refractivity contribution >= 4 is 41.4 Å². The lowest BCUT2D eigenvalue weighted by molar-refractivity contribution is -0.141. The number of H-pyrrole nitrogens is 1. The van der Waals surface area contributed by atoms with Crippen molar-refractivity contribution in [3.05, 3.63) is 18.2 Å². The third kappa shape index (κ3) is 11.0. The van der Waals surface area contributed by atoms with Crippen molar-refractivity contribution in [3.8, 4) is 0 Å². The highest BCUT2D eigenvalue weighted by Crippen LogP contribution is 2.00. The first-order valence-corrected chi connectivity index (χ1v) is 10.7. The number of carbonyl (C=O) groups excluding carboxylic acids is 4. The van der Waals surface area contributed by atoms with E-state index in [1.165, 1.54) is 24.3 Å². The molecule has 0 aromatic carbocycles. The molecule has 1 aromatic heterocycles. The Hall–Kier alpha value is -3.13. The highest BCUT2D eigenvalue weighted by atomic mass is 32.2. The Kier molecular flexibility index (Phi) is 11.7. The lowest BCUT2D eigenvalue weighted by Gasteiger charge is -2.14. The van der Waals surface area contributed by atoms with Gasteiger partial charge in [0.15, 0.2) is 0 Å². The fourth-order valence-corrected chi connectivity index (χ4v) is 2.72. The normalized spacial score (nSPS) is 12.3. The third-order valence-corrected chi connectivity index (χ3v) is 4.53. The number of aliphatic carboxylic acids is 1. The molecule has 0 unspecified atom stereocenters. The summed E-state index contributed by atoms with van der Waals surface area (Å²) in [6.45, 7) is -1.23. The van der Waals surface area contributed by atoms with Crippen LogP contribution in [0, 0.1) is 0 Å². The van der Waals surface area contributed by atoms with Crippen LogP contribution in [-0.4, -0.2) is 88.4 Å². The standard InChI is InChI=1S/C17H27N7O6S/c1-31-3-2-12(17(29)30)24-15(27)8-21-13(25)6-20-14(26)7-22-16(28)11(18)4-10-5-19-9-23-10/h5,9,11-12H,2-4,6-8,18H2,1H3,(H,19,23)(H,20,26)(H,21,25)(H,22,28)(H,24,27)(H,29,30)/t11-,12-/m0/s1. The van der Waals surface area contributed by atoms with Gasteiger partial charge in [-0.05, 0) is 18.4 Å².